The van der Waals surface area contributed by atoms with Crippen molar-refractivity contribution in [3.05, 3.63) is 24.3 Å². The van der Waals surface area contributed by atoms with E-state index < -0.39 is 17.9 Å². The molecule has 0 bridgehead atoms. The molecule has 106 valence electrons. The number of ketones is 1. The number of rotatable bonds is 5. The molecule has 0 heterocycles. The van der Waals surface area contributed by atoms with Gasteiger partial charge in [-0.05, 0) is 19.9 Å². The number of hydrogen-bond donors (Lipinski definition) is 1. The number of aliphatic carboxylic acids is 1. The Labute approximate surface area is 110 Å². The number of ether oxygens (including phenoxy) is 2. The highest BCUT2D eigenvalue weighted by Crippen LogP contribution is 1.81. The van der Waals surface area contributed by atoms with Crippen LogP contribution < -0.4 is 0 Å². The summed E-state index contributed by atoms with van der Waals surface area (Å²) in [6, 6.07) is 0. The molecule has 0 saturated heterocycles. The molecule has 0 aromatic carbocycles. The van der Waals surface area contributed by atoms with Gasteiger partial charge in [0, 0.05) is 18.2 Å². The number of carbonyl (C=O) groups is 4. The summed E-state index contributed by atoms with van der Waals surface area (Å²) in [6.45, 7) is 3.41. The van der Waals surface area contributed by atoms with E-state index in [1.165, 1.54) is 20.1 Å². The average Bonchev–Trinajstić information content (AvgIpc) is 2.34. The van der Waals surface area contributed by atoms with E-state index in [2.05, 4.69) is 9.47 Å². The van der Waals surface area contributed by atoms with Crippen LogP contribution in [0.15, 0.2) is 24.3 Å². The number of carboxylic acid groups (broad SMARTS) is 1. The van der Waals surface area contributed by atoms with Crippen molar-refractivity contribution >= 4 is 23.7 Å². The van der Waals surface area contributed by atoms with Crippen LogP contribution in [-0.4, -0.2) is 42.5 Å². The van der Waals surface area contributed by atoms with Gasteiger partial charge in [0.25, 0.3) is 0 Å². The number of methoxy groups -OCH3 is 1. The van der Waals surface area contributed by atoms with Crippen LogP contribution in [-0.2, 0) is 28.7 Å². The van der Waals surface area contributed by atoms with E-state index in [1.54, 1.807) is 6.92 Å². The summed E-state index contributed by atoms with van der Waals surface area (Å²) < 4.78 is 8.63. The fourth-order valence-electron chi connectivity index (χ4n) is 0.583. The number of allylic oxidation sites excluding steroid dienone is 1. The molecule has 0 aromatic rings. The number of esters is 2. The average molecular weight is 272 g/mol. The Morgan fingerprint density at radius 3 is 1.89 bits per heavy atom. The first kappa shape index (κ1) is 18.9. The van der Waals surface area contributed by atoms with E-state index in [9.17, 15) is 19.2 Å². The molecule has 0 radical (unpaired) electrons. The third-order valence-corrected chi connectivity index (χ3v) is 1.30. The molecule has 0 saturated carbocycles. The second-order valence-corrected chi connectivity index (χ2v) is 2.89. The third-order valence-electron chi connectivity index (χ3n) is 1.30. The van der Waals surface area contributed by atoms with Gasteiger partial charge in [-0.15, -0.1) is 0 Å². The summed E-state index contributed by atoms with van der Waals surface area (Å²) in [5, 5.41) is 7.96. The highest BCUT2D eigenvalue weighted by molar-refractivity contribution is 5.94. The van der Waals surface area contributed by atoms with Crippen LogP contribution >= 0.6 is 0 Å². The molecule has 0 aliphatic heterocycles. The molecular weight excluding hydrogens is 256 g/mol. The molecule has 0 aliphatic rings. The fourth-order valence-corrected chi connectivity index (χ4v) is 0.583. The zero-order valence-electron chi connectivity index (χ0n) is 10.9. The van der Waals surface area contributed by atoms with Gasteiger partial charge in [-0.2, -0.15) is 0 Å². The normalized spacial score (nSPS) is 9.63. The Bertz CT molecular complexity index is 380. The highest BCUT2D eigenvalue weighted by Gasteiger charge is 1.93. The standard InChI is InChI=1S/C7H10O3.C5H6O4/c1-3-10-7(9)5-4-6(2)8;1-9-5(8)3-2-4(6)7/h4-5H,3H2,1-2H3;2-3H,1H3,(H,6,7)/b5-4+;3-2+. The maximum absolute atomic E-state index is 10.5. The second kappa shape index (κ2) is 12.0. The number of carbonyl (C=O) groups excluding carboxylic acids is 3. The minimum absolute atomic E-state index is 0.159. The van der Waals surface area contributed by atoms with Crippen LogP contribution in [0.2, 0.25) is 0 Å². The predicted octanol–water partition coefficient (Wildman–Crippen LogP) is 0.495. The zero-order valence-corrected chi connectivity index (χ0v) is 10.9. The topological polar surface area (TPSA) is 107 Å². The molecule has 7 heteroatoms. The Kier molecular flexibility index (Phi) is 12.0. The van der Waals surface area contributed by atoms with Gasteiger partial charge < -0.3 is 14.6 Å². The lowest BCUT2D eigenvalue weighted by molar-refractivity contribution is -0.137. The maximum atomic E-state index is 10.5. The van der Waals surface area contributed by atoms with E-state index in [0.717, 1.165) is 12.2 Å². The smallest absolute Gasteiger partial charge is 0.330 e. The van der Waals surface area contributed by atoms with Crippen molar-refractivity contribution in [2.45, 2.75) is 13.8 Å². The van der Waals surface area contributed by atoms with E-state index in [1.807, 2.05) is 0 Å². The van der Waals surface area contributed by atoms with Gasteiger partial charge in [-0.25, -0.2) is 14.4 Å². The van der Waals surface area contributed by atoms with Crippen LogP contribution in [0.4, 0.5) is 0 Å². The van der Waals surface area contributed by atoms with Gasteiger partial charge in [-0.1, -0.05) is 0 Å². The summed E-state index contributed by atoms with van der Waals surface area (Å²) in [4.78, 5) is 40.6. The van der Waals surface area contributed by atoms with Crippen molar-refractivity contribution in [2.75, 3.05) is 13.7 Å². The first-order chi connectivity index (χ1) is 8.83. The molecule has 0 unspecified atom stereocenters. The third kappa shape index (κ3) is 18.1. The zero-order chi connectivity index (χ0) is 15.3. The minimum Gasteiger partial charge on any atom is -0.478 e. The summed E-state index contributed by atoms with van der Waals surface area (Å²) >= 11 is 0. The SMILES string of the molecule is CCOC(=O)/C=C/C(C)=O.COC(=O)/C=C/C(=O)O. The van der Waals surface area contributed by atoms with Gasteiger partial charge in [0.1, 0.15) is 0 Å². The highest BCUT2D eigenvalue weighted by atomic mass is 16.5. The molecule has 0 atom stereocenters. The Morgan fingerprint density at radius 2 is 1.53 bits per heavy atom. The van der Waals surface area contributed by atoms with Gasteiger partial charge in [0.2, 0.25) is 0 Å². The van der Waals surface area contributed by atoms with Crippen molar-refractivity contribution < 1.29 is 33.8 Å². The van der Waals surface area contributed by atoms with Crippen molar-refractivity contribution in [3.63, 3.8) is 0 Å². The van der Waals surface area contributed by atoms with E-state index in [4.69, 9.17) is 5.11 Å². The van der Waals surface area contributed by atoms with Gasteiger partial charge in [-0.3, -0.25) is 4.79 Å². The summed E-state index contributed by atoms with van der Waals surface area (Å²) in [5.74, 6) is -2.47. The van der Waals surface area contributed by atoms with E-state index >= 15 is 0 Å². The molecule has 1 N–H and O–H groups in total. The Balaban J connectivity index is 0. The molecule has 0 spiro atoms. The van der Waals surface area contributed by atoms with Crippen LogP contribution in [0, 0.1) is 0 Å². The van der Waals surface area contributed by atoms with Crippen molar-refractivity contribution in [1.82, 2.24) is 0 Å². The second-order valence-electron chi connectivity index (χ2n) is 2.89. The molecule has 0 rings (SSSR count). The number of hydrogen-bond acceptors (Lipinski definition) is 6. The Hall–Kier alpha value is -2.44. The van der Waals surface area contributed by atoms with Crippen molar-refractivity contribution in [2.24, 2.45) is 0 Å². The van der Waals surface area contributed by atoms with Crippen LogP contribution in [0.25, 0.3) is 0 Å². The molecule has 0 amide bonds. The molecule has 0 aromatic heterocycles. The van der Waals surface area contributed by atoms with E-state index in [-0.39, 0.29) is 5.78 Å². The van der Waals surface area contributed by atoms with Crippen LogP contribution in [0.1, 0.15) is 13.8 Å². The van der Waals surface area contributed by atoms with Crippen molar-refractivity contribution in [3.8, 4) is 0 Å². The Morgan fingerprint density at radius 1 is 1.00 bits per heavy atom. The van der Waals surface area contributed by atoms with Gasteiger partial charge >= 0.3 is 17.9 Å². The molecule has 19 heavy (non-hydrogen) atoms. The molecular formula is C12H16O7. The largest absolute Gasteiger partial charge is 0.478 e. The van der Waals surface area contributed by atoms with Crippen LogP contribution in [0.3, 0.4) is 0 Å². The lowest BCUT2D eigenvalue weighted by atomic mass is 10.4. The summed E-state index contributed by atoms with van der Waals surface area (Å²) in [6.07, 6.45) is 3.85. The quantitative estimate of drug-likeness (QED) is 0.573. The molecule has 0 fully saturated rings. The van der Waals surface area contributed by atoms with E-state index in [0.29, 0.717) is 12.7 Å². The first-order valence-corrected chi connectivity index (χ1v) is 5.17. The lowest BCUT2D eigenvalue weighted by Gasteiger charge is -1.92. The first-order valence-electron chi connectivity index (χ1n) is 5.17. The van der Waals surface area contributed by atoms with Crippen LogP contribution in [0.5, 0.6) is 0 Å². The summed E-state index contributed by atoms with van der Waals surface area (Å²) in [5.41, 5.74) is 0. The predicted molar refractivity (Wildman–Crippen MR) is 65.2 cm³/mol. The maximum Gasteiger partial charge on any atom is 0.330 e. The molecule has 7 nitrogen and oxygen atoms in total. The van der Waals surface area contributed by atoms with Gasteiger partial charge in [0.15, 0.2) is 5.78 Å². The van der Waals surface area contributed by atoms with Gasteiger partial charge in [0.05, 0.1) is 13.7 Å². The molecule has 0 aliphatic carbocycles. The monoisotopic (exact) mass is 272 g/mol. The lowest BCUT2D eigenvalue weighted by Crippen LogP contribution is -1.99. The minimum atomic E-state index is -1.17. The summed E-state index contributed by atoms with van der Waals surface area (Å²) in [7, 11) is 1.18. The number of carboxylic acids is 1. The van der Waals surface area contributed by atoms with Crippen molar-refractivity contribution in [1.29, 1.82) is 0 Å². The fraction of sp³-hybridized carbons (Fsp3) is 0.333.